The maximum atomic E-state index is 12.9. The molecule has 0 radical (unpaired) electrons. The molecule has 0 saturated carbocycles. The van der Waals surface area contributed by atoms with Crippen molar-refractivity contribution in [2.75, 3.05) is 31.5 Å². The molecule has 1 amide bonds. The van der Waals surface area contributed by atoms with Gasteiger partial charge in [-0.3, -0.25) is 9.69 Å². The van der Waals surface area contributed by atoms with Gasteiger partial charge in [0.15, 0.2) is 0 Å². The summed E-state index contributed by atoms with van der Waals surface area (Å²) in [5.41, 5.74) is 5.30. The van der Waals surface area contributed by atoms with Crippen molar-refractivity contribution in [1.29, 1.82) is 0 Å². The van der Waals surface area contributed by atoms with Crippen LogP contribution in [0.3, 0.4) is 0 Å². The number of anilines is 1. The second-order valence-electron chi connectivity index (χ2n) is 7.76. The van der Waals surface area contributed by atoms with Crippen LogP contribution >= 0.6 is 11.3 Å². The van der Waals surface area contributed by atoms with Gasteiger partial charge in [-0.1, -0.05) is 18.2 Å². The minimum atomic E-state index is 0.0124. The third-order valence-corrected chi connectivity index (χ3v) is 6.51. The predicted octanol–water partition coefficient (Wildman–Crippen LogP) is 3.51. The molecule has 0 aliphatic carbocycles. The molecule has 0 bridgehead atoms. The standard InChI is InChI=1S/C22H27N5OS/c1-13-6-5-7-14(2)20(13)26-18(28)11-27-9-8-23-10-17(27)21-19-15(3)12-29-22(19)25-16(4)24-21/h5-7,12,17,23H,8-11H2,1-4H3,(H,26,28). The Balaban J connectivity index is 1.60. The summed E-state index contributed by atoms with van der Waals surface area (Å²) in [6.45, 7) is 10.9. The van der Waals surface area contributed by atoms with Gasteiger partial charge in [0.25, 0.3) is 0 Å². The molecule has 3 heterocycles. The number of thiophene rings is 1. The Labute approximate surface area is 175 Å². The molecule has 29 heavy (non-hydrogen) atoms. The van der Waals surface area contributed by atoms with Crippen LogP contribution in [-0.4, -0.2) is 47.0 Å². The van der Waals surface area contributed by atoms with Gasteiger partial charge < -0.3 is 10.6 Å². The van der Waals surface area contributed by atoms with Crippen molar-refractivity contribution in [2.24, 2.45) is 0 Å². The smallest absolute Gasteiger partial charge is 0.238 e. The summed E-state index contributed by atoms with van der Waals surface area (Å²) in [6, 6.07) is 6.11. The number of hydrogen-bond acceptors (Lipinski definition) is 6. The van der Waals surface area contributed by atoms with Crippen LogP contribution in [-0.2, 0) is 4.79 Å². The number of carbonyl (C=O) groups is 1. The van der Waals surface area contributed by atoms with Crippen LogP contribution < -0.4 is 10.6 Å². The number of hydrogen-bond donors (Lipinski definition) is 2. The maximum absolute atomic E-state index is 12.9. The van der Waals surface area contributed by atoms with Gasteiger partial charge in [-0.15, -0.1) is 11.3 Å². The summed E-state index contributed by atoms with van der Waals surface area (Å²) in [5, 5.41) is 9.86. The van der Waals surface area contributed by atoms with E-state index in [4.69, 9.17) is 4.98 Å². The molecule has 3 aromatic rings. The molecule has 2 aromatic heterocycles. The van der Waals surface area contributed by atoms with Crippen molar-refractivity contribution in [3.63, 3.8) is 0 Å². The van der Waals surface area contributed by atoms with Crippen molar-refractivity contribution in [3.05, 3.63) is 51.8 Å². The number of amides is 1. The molecule has 1 saturated heterocycles. The molecule has 1 atom stereocenters. The first-order chi connectivity index (χ1) is 13.9. The summed E-state index contributed by atoms with van der Waals surface area (Å²) in [7, 11) is 0. The van der Waals surface area contributed by atoms with Crippen LogP contribution in [0.1, 0.15) is 34.3 Å². The second kappa shape index (κ2) is 8.18. The van der Waals surface area contributed by atoms with Gasteiger partial charge >= 0.3 is 0 Å². The minimum absolute atomic E-state index is 0.0124. The number of para-hydroxylation sites is 1. The van der Waals surface area contributed by atoms with Crippen molar-refractivity contribution >= 4 is 33.1 Å². The molecule has 1 aromatic carbocycles. The van der Waals surface area contributed by atoms with Gasteiger partial charge in [0.1, 0.15) is 10.7 Å². The fourth-order valence-electron chi connectivity index (χ4n) is 4.05. The van der Waals surface area contributed by atoms with Gasteiger partial charge in [-0.2, -0.15) is 0 Å². The number of aryl methyl sites for hydroxylation is 4. The molecule has 1 aliphatic heterocycles. The Morgan fingerprint density at radius 1 is 1.21 bits per heavy atom. The molecule has 1 fully saturated rings. The van der Waals surface area contributed by atoms with E-state index >= 15 is 0 Å². The first-order valence-corrected chi connectivity index (χ1v) is 10.8. The number of benzene rings is 1. The largest absolute Gasteiger partial charge is 0.324 e. The van der Waals surface area contributed by atoms with E-state index in [1.54, 1.807) is 11.3 Å². The number of nitrogens with one attached hydrogen (secondary N) is 2. The van der Waals surface area contributed by atoms with Gasteiger partial charge in [0.05, 0.1) is 18.3 Å². The summed E-state index contributed by atoms with van der Waals surface area (Å²) >= 11 is 1.66. The summed E-state index contributed by atoms with van der Waals surface area (Å²) in [5.74, 6) is 0.790. The lowest BCUT2D eigenvalue weighted by Crippen LogP contribution is -2.49. The van der Waals surface area contributed by atoms with Gasteiger partial charge in [-0.25, -0.2) is 9.97 Å². The molecular weight excluding hydrogens is 382 g/mol. The van der Waals surface area contributed by atoms with E-state index in [2.05, 4.69) is 32.8 Å². The third kappa shape index (κ3) is 4.03. The maximum Gasteiger partial charge on any atom is 0.238 e. The number of fused-ring (bicyclic) bond motifs is 1. The molecule has 6 nitrogen and oxygen atoms in total. The monoisotopic (exact) mass is 409 g/mol. The summed E-state index contributed by atoms with van der Waals surface area (Å²) in [6.07, 6.45) is 0. The fraction of sp³-hybridized carbons (Fsp3) is 0.409. The highest BCUT2D eigenvalue weighted by Crippen LogP contribution is 2.32. The Bertz CT molecular complexity index is 1040. The number of aromatic nitrogens is 2. The molecular formula is C22H27N5OS. The summed E-state index contributed by atoms with van der Waals surface area (Å²) in [4.78, 5) is 25.6. The minimum Gasteiger partial charge on any atom is -0.324 e. The lowest BCUT2D eigenvalue weighted by atomic mass is 10.0. The van der Waals surface area contributed by atoms with E-state index in [0.717, 1.165) is 58.2 Å². The van der Waals surface area contributed by atoms with Crippen LogP contribution in [0.5, 0.6) is 0 Å². The molecule has 152 valence electrons. The first kappa shape index (κ1) is 19.9. The van der Waals surface area contributed by atoms with Crippen molar-refractivity contribution in [3.8, 4) is 0 Å². The van der Waals surface area contributed by atoms with E-state index in [9.17, 15) is 4.79 Å². The Kier molecular flexibility index (Phi) is 5.63. The quantitative estimate of drug-likeness (QED) is 0.690. The lowest BCUT2D eigenvalue weighted by molar-refractivity contribution is -0.118. The van der Waals surface area contributed by atoms with E-state index in [1.807, 2.05) is 39.0 Å². The average Bonchev–Trinajstić information content (AvgIpc) is 3.05. The third-order valence-electron chi connectivity index (χ3n) is 5.52. The van der Waals surface area contributed by atoms with E-state index in [1.165, 1.54) is 5.56 Å². The van der Waals surface area contributed by atoms with Crippen molar-refractivity contribution in [2.45, 2.75) is 33.7 Å². The van der Waals surface area contributed by atoms with Crippen LogP contribution in [0.15, 0.2) is 23.6 Å². The zero-order valence-electron chi connectivity index (χ0n) is 17.4. The van der Waals surface area contributed by atoms with Crippen molar-refractivity contribution in [1.82, 2.24) is 20.2 Å². The lowest BCUT2D eigenvalue weighted by Gasteiger charge is -2.35. The molecule has 1 unspecified atom stereocenters. The zero-order chi connectivity index (χ0) is 20.5. The number of rotatable bonds is 4. The van der Waals surface area contributed by atoms with E-state index in [0.29, 0.717) is 6.54 Å². The van der Waals surface area contributed by atoms with Crippen LogP contribution in [0.4, 0.5) is 5.69 Å². The molecule has 2 N–H and O–H groups in total. The number of carbonyl (C=O) groups excluding carboxylic acids is 1. The highest BCUT2D eigenvalue weighted by Gasteiger charge is 2.29. The van der Waals surface area contributed by atoms with Crippen LogP contribution in [0, 0.1) is 27.7 Å². The zero-order valence-corrected chi connectivity index (χ0v) is 18.2. The Morgan fingerprint density at radius 3 is 2.72 bits per heavy atom. The molecule has 4 rings (SSSR count). The summed E-state index contributed by atoms with van der Waals surface area (Å²) < 4.78 is 0. The fourth-order valence-corrected chi connectivity index (χ4v) is 5.02. The number of nitrogens with zero attached hydrogens (tertiary/aromatic N) is 3. The Hall–Kier alpha value is -2.35. The first-order valence-electron chi connectivity index (χ1n) is 9.97. The number of piperazine rings is 1. The van der Waals surface area contributed by atoms with Gasteiger partial charge in [-0.05, 0) is 49.8 Å². The van der Waals surface area contributed by atoms with Crippen LogP contribution in [0.25, 0.3) is 10.2 Å². The molecule has 7 heteroatoms. The molecule has 0 spiro atoms. The van der Waals surface area contributed by atoms with E-state index in [-0.39, 0.29) is 11.9 Å². The van der Waals surface area contributed by atoms with E-state index < -0.39 is 0 Å². The van der Waals surface area contributed by atoms with Gasteiger partial charge in [0.2, 0.25) is 5.91 Å². The highest BCUT2D eigenvalue weighted by atomic mass is 32.1. The SMILES string of the molecule is Cc1nc(C2CNCCN2CC(=O)Nc2c(C)cccc2C)c2c(C)csc2n1. The second-order valence-corrected chi connectivity index (χ2v) is 8.62. The topological polar surface area (TPSA) is 70.2 Å². The van der Waals surface area contributed by atoms with Gasteiger partial charge in [0, 0.05) is 30.7 Å². The molecule has 1 aliphatic rings. The normalized spacial score (nSPS) is 17.6. The Morgan fingerprint density at radius 2 is 1.97 bits per heavy atom. The predicted molar refractivity (Wildman–Crippen MR) is 119 cm³/mol. The highest BCUT2D eigenvalue weighted by molar-refractivity contribution is 7.16. The average molecular weight is 410 g/mol. The van der Waals surface area contributed by atoms with Crippen LogP contribution in [0.2, 0.25) is 0 Å². The van der Waals surface area contributed by atoms with Crippen molar-refractivity contribution < 1.29 is 4.79 Å².